The Bertz CT molecular complexity index is 874. The van der Waals surface area contributed by atoms with Gasteiger partial charge in [-0.05, 0) is 56.3 Å². The van der Waals surface area contributed by atoms with Crippen molar-refractivity contribution in [3.05, 3.63) is 64.6 Å². The first kappa shape index (κ1) is 18.3. The highest BCUT2D eigenvalue weighted by Gasteiger charge is 2.32. The van der Waals surface area contributed by atoms with Gasteiger partial charge in [-0.3, -0.25) is 9.69 Å². The number of aliphatic imine (C=N–C) groups is 1. The van der Waals surface area contributed by atoms with E-state index in [1.54, 1.807) is 4.90 Å². The monoisotopic (exact) mass is 366 g/mol. The van der Waals surface area contributed by atoms with E-state index in [1.807, 2.05) is 75.4 Å². The van der Waals surface area contributed by atoms with Gasteiger partial charge in [-0.25, -0.2) is 4.99 Å². The van der Waals surface area contributed by atoms with Crippen LogP contribution in [0.2, 0.25) is 0 Å². The minimum Gasteiger partial charge on any atom is -0.493 e. The normalized spacial score (nSPS) is 17.3. The van der Waals surface area contributed by atoms with Crippen LogP contribution < -0.4 is 4.74 Å². The number of likely N-dealkylation sites (N-methyl/N-ethyl adjacent to an activating group) is 1. The van der Waals surface area contributed by atoms with Crippen LogP contribution in [0, 0.1) is 6.92 Å². The second kappa shape index (κ2) is 8.23. The molecule has 1 saturated heterocycles. The molecule has 1 heterocycles. The summed E-state index contributed by atoms with van der Waals surface area (Å²) in [5.74, 6) is 0.763. The molecule has 2 aromatic rings. The molecule has 2 aromatic carbocycles. The molecule has 0 radical (unpaired) electrons. The van der Waals surface area contributed by atoms with Crippen molar-refractivity contribution in [3.8, 4) is 5.75 Å². The fourth-order valence-electron chi connectivity index (χ4n) is 2.69. The zero-order valence-corrected chi connectivity index (χ0v) is 16.0. The summed E-state index contributed by atoms with van der Waals surface area (Å²) in [5, 5.41) is 0.715. The van der Waals surface area contributed by atoms with Gasteiger partial charge in [0.05, 0.1) is 17.2 Å². The topological polar surface area (TPSA) is 41.9 Å². The van der Waals surface area contributed by atoms with Gasteiger partial charge < -0.3 is 4.74 Å². The van der Waals surface area contributed by atoms with E-state index in [4.69, 9.17) is 9.73 Å². The Morgan fingerprint density at radius 3 is 2.58 bits per heavy atom. The fourth-order valence-corrected chi connectivity index (χ4v) is 3.74. The van der Waals surface area contributed by atoms with Crippen molar-refractivity contribution in [2.24, 2.45) is 4.99 Å². The number of hydrogen-bond donors (Lipinski definition) is 0. The molecule has 0 spiro atoms. The van der Waals surface area contributed by atoms with Crippen molar-refractivity contribution < 1.29 is 9.53 Å². The largest absolute Gasteiger partial charge is 0.493 e. The first-order valence-electron chi connectivity index (χ1n) is 8.71. The molecule has 1 aliphatic rings. The average Bonchev–Trinajstić information content (AvgIpc) is 2.93. The zero-order chi connectivity index (χ0) is 18.5. The first-order chi connectivity index (χ1) is 12.6. The Labute approximate surface area is 158 Å². The molecule has 0 aliphatic carbocycles. The summed E-state index contributed by atoms with van der Waals surface area (Å²) < 4.78 is 5.66. The number of carbonyl (C=O) groups excluding carboxylic acids is 1. The number of nitrogens with zero attached hydrogens (tertiary/aromatic N) is 2. The van der Waals surface area contributed by atoms with E-state index in [0.29, 0.717) is 23.2 Å². The van der Waals surface area contributed by atoms with Crippen LogP contribution in [0.3, 0.4) is 0 Å². The Morgan fingerprint density at radius 1 is 1.12 bits per heavy atom. The molecule has 0 saturated carbocycles. The molecule has 134 valence electrons. The summed E-state index contributed by atoms with van der Waals surface area (Å²) in [4.78, 5) is 19.9. The van der Waals surface area contributed by atoms with Crippen LogP contribution in [0.5, 0.6) is 5.75 Å². The standard InChI is InChI=1S/C21H22N2O2S/c1-4-23-20(24)19(14-16-11-7-9-13-18(16)25-5-2)26-21(23)22-17-12-8-6-10-15(17)3/h6-14H,4-5H2,1-3H3/b19-14+,22-21?. The van der Waals surface area contributed by atoms with E-state index in [2.05, 4.69) is 0 Å². The van der Waals surface area contributed by atoms with Gasteiger partial charge in [0.15, 0.2) is 5.17 Å². The lowest BCUT2D eigenvalue weighted by Gasteiger charge is -2.12. The number of thioether (sulfide) groups is 1. The molecule has 0 atom stereocenters. The highest BCUT2D eigenvalue weighted by molar-refractivity contribution is 8.18. The third-order valence-corrected chi connectivity index (χ3v) is 5.05. The summed E-state index contributed by atoms with van der Waals surface area (Å²) in [6.07, 6.45) is 1.89. The van der Waals surface area contributed by atoms with Crippen LogP contribution in [-0.4, -0.2) is 29.1 Å². The predicted octanol–water partition coefficient (Wildman–Crippen LogP) is 5.02. The minimum absolute atomic E-state index is 0.0175. The van der Waals surface area contributed by atoms with E-state index < -0.39 is 0 Å². The van der Waals surface area contributed by atoms with Gasteiger partial charge in [-0.15, -0.1) is 0 Å². The van der Waals surface area contributed by atoms with E-state index in [9.17, 15) is 4.79 Å². The number of carbonyl (C=O) groups is 1. The highest BCUT2D eigenvalue weighted by Crippen LogP contribution is 2.35. The molecule has 1 aliphatic heterocycles. The van der Waals surface area contributed by atoms with Crippen molar-refractivity contribution in [3.63, 3.8) is 0 Å². The Hall–Kier alpha value is -2.53. The molecule has 0 bridgehead atoms. The van der Waals surface area contributed by atoms with Crippen molar-refractivity contribution >= 4 is 34.6 Å². The summed E-state index contributed by atoms with van der Waals surface area (Å²) in [7, 11) is 0. The molecule has 0 unspecified atom stereocenters. The molecular formula is C21H22N2O2S. The Morgan fingerprint density at radius 2 is 1.85 bits per heavy atom. The zero-order valence-electron chi connectivity index (χ0n) is 15.2. The molecule has 3 rings (SSSR count). The fraction of sp³-hybridized carbons (Fsp3) is 0.238. The average molecular weight is 366 g/mol. The SMILES string of the molecule is CCOc1ccccc1/C=C1/SC(=Nc2ccccc2C)N(CC)C1=O. The maximum absolute atomic E-state index is 12.8. The lowest BCUT2D eigenvalue weighted by Crippen LogP contribution is -2.28. The van der Waals surface area contributed by atoms with Gasteiger partial charge >= 0.3 is 0 Å². The molecular weight excluding hydrogens is 344 g/mol. The number of aryl methyl sites for hydroxylation is 1. The van der Waals surface area contributed by atoms with Crippen molar-refractivity contribution in [1.82, 2.24) is 4.90 Å². The second-order valence-electron chi connectivity index (χ2n) is 5.81. The molecule has 1 fully saturated rings. The van der Waals surface area contributed by atoms with Gasteiger partial charge in [-0.1, -0.05) is 36.4 Å². The minimum atomic E-state index is -0.0175. The van der Waals surface area contributed by atoms with Crippen LogP contribution in [0.25, 0.3) is 6.08 Å². The number of amides is 1. The van der Waals surface area contributed by atoms with Gasteiger partial charge in [0.25, 0.3) is 5.91 Å². The van der Waals surface area contributed by atoms with E-state index in [0.717, 1.165) is 22.6 Å². The molecule has 0 N–H and O–H groups in total. The van der Waals surface area contributed by atoms with Gasteiger partial charge in [-0.2, -0.15) is 0 Å². The maximum Gasteiger partial charge on any atom is 0.266 e. The van der Waals surface area contributed by atoms with Crippen LogP contribution >= 0.6 is 11.8 Å². The number of rotatable bonds is 5. The van der Waals surface area contributed by atoms with Crippen LogP contribution in [0.15, 0.2) is 58.4 Å². The summed E-state index contributed by atoms with van der Waals surface area (Å²) in [6.45, 7) is 7.10. The highest BCUT2D eigenvalue weighted by atomic mass is 32.2. The third-order valence-electron chi connectivity index (χ3n) is 4.04. The predicted molar refractivity (Wildman–Crippen MR) is 109 cm³/mol. The molecule has 4 nitrogen and oxygen atoms in total. The van der Waals surface area contributed by atoms with Crippen molar-refractivity contribution in [2.45, 2.75) is 20.8 Å². The van der Waals surface area contributed by atoms with Crippen LogP contribution in [-0.2, 0) is 4.79 Å². The molecule has 5 heteroatoms. The number of para-hydroxylation sites is 2. The smallest absolute Gasteiger partial charge is 0.266 e. The second-order valence-corrected chi connectivity index (χ2v) is 6.82. The van der Waals surface area contributed by atoms with Gasteiger partial charge in [0.1, 0.15) is 5.75 Å². The number of hydrogen-bond acceptors (Lipinski definition) is 4. The van der Waals surface area contributed by atoms with Gasteiger partial charge in [0.2, 0.25) is 0 Å². The van der Waals surface area contributed by atoms with Crippen LogP contribution in [0.1, 0.15) is 25.0 Å². The Balaban J connectivity index is 1.96. The molecule has 26 heavy (non-hydrogen) atoms. The Kier molecular flexibility index (Phi) is 5.78. The maximum atomic E-state index is 12.8. The lowest BCUT2D eigenvalue weighted by atomic mass is 10.2. The molecule has 0 aromatic heterocycles. The summed E-state index contributed by atoms with van der Waals surface area (Å²) >= 11 is 1.41. The lowest BCUT2D eigenvalue weighted by molar-refractivity contribution is -0.122. The number of benzene rings is 2. The van der Waals surface area contributed by atoms with E-state index in [-0.39, 0.29) is 5.91 Å². The third kappa shape index (κ3) is 3.83. The van der Waals surface area contributed by atoms with Crippen LogP contribution in [0.4, 0.5) is 5.69 Å². The molecule has 1 amide bonds. The number of amidine groups is 1. The van der Waals surface area contributed by atoms with Crippen molar-refractivity contribution in [2.75, 3.05) is 13.2 Å². The summed E-state index contributed by atoms with van der Waals surface area (Å²) in [5.41, 5.74) is 2.87. The summed E-state index contributed by atoms with van der Waals surface area (Å²) in [6, 6.07) is 15.7. The first-order valence-corrected chi connectivity index (χ1v) is 9.53. The quantitative estimate of drug-likeness (QED) is 0.698. The van der Waals surface area contributed by atoms with E-state index in [1.165, 1.54) is 11.8 Å². The number of ether oxygens (including phenoxy) is 1. The van der Waals surface area contributed by atoms with Crippen molar-refractivity contribution in [1.29, 1.82) is 0 Å². The van der Waals surface area contributed by atoms with Gasteiger partial charge in [0, 0.05) is 12.1 Å². The van der Waals surface area contributed by atoms with E-state index >= 15 is 0 Å².